The standard InChI is InChI=1S/C43H55N3O3S/c1-4-26-45(27-16-5-6-17-28-46-29-24-35-31-40(48-2)41(49-3)32-36(35)33-46)30-25-44-42(47)34-50-43(37-18-10-7-11-19-37,38-20-12-8-13-21-38)39-22-14-9-15-23-39/h7-15,18-23,31-32H,4-6,16-17,24-30,33-34H2,1-3H3,(H,44,47). The molecule has 5 rings (SSSR count). The van der Waals surface area contributed by atoms with Gasteiger partial charge in [-0.05, 0) is 85.3 Å². The molecule has 1 aliphatic heterocycles. The van der Waals surface area contributed by atoms with Gasteiger partial charge in [0.15, 0.2) is 11.5 Å². The quantitative estimate of drug-likeness (QED) is 0.0745. The molecule has 6 nitrogen and oxygen atoms in total. The van der Waals surface area contributed by atoms with E-state index in [0.717, 1.165) is 63.6 Å². The van der Waals surface area contributed by atoms with Crippen molar-refractivity contribution in [1.29, 1.82) is 0 Å². The summed E-state index contributed by atoms with van der Waals surface area (Å²) in [4.78, 5) is 18.4. The number of hydrogen-bond donors (Lipinski definition) is 1. The van der Waals surface area contributed by atoms with Gasteiger partial charge in [-0.1, -0.05) is 111 Å². The summed E-state index contributed by atoms with van der Waals surface area (Å²) in [6, 6.07) is 36.0. The zero-order valence-corrected chi connectivity index (χ0v) is 31.1. The Morgan fingerprint density at radius 3 is 1.88 bits per heavy atom. The second kappa shape index (κ2) is 19.6. The molecule has 1 N–H and O–H groups in total. The predicted octanol–water partition coefficient (Wildman–Crippen LogP) is 8.18. The van der Waals surface area contributed by atoms with E-state index in [0.29, 0.717) is 12.3 Å². The number of amides is 1. The Bertz CT molecular complexity index is 1490. The zero-order valence-electron chi connectivity index (χ0n) is 30.2. The third-order valence-corrected chi connectivity index (χ3v) is 11.3. The maximum absolute atomic E-state index is 13.3. The van der Waals surface area contributed by atoms with Gasteiger partial charge in [0.1, 0.15) is 0 Å². The number of nitrogens with zero attached hydrogens (tertiary/aromatic N) is 2. The number of nitrogens with one attached hydrogen (secondary N) is 1. The molecule has 1 amide bonds. The minimum Gasteiger partial charge on any atom is -0.493 e. The summed E-state index contributed by atoms with van der Waals surface area (Å²) in [6.07, 6.45) is 7.07. The fraction of sp³-hybridized carbons (Fsp3) is 0.419. The van der Waals surface area contributed by atoms with E-state index in [-0.39, 0.29) is 5.91 Å². The Kier molecular flexibility index (Phi) is 14.7. The second-order valence-corrected chi connectivity index (χ2v) is 14.4. The summed E-state index contributed by atoms with van der Waals surface area (Å²) in [5.74, 6) is 2.10. The molecule has 0 atom stereocenters. The summed E-state index contributed by atoms with van der Waals surface area (Å²) >= 11 is 1.70. The molecule has 1 heterocycles. The molecule has 0 fully saturated rings. The summed E-state index contributed by atoms with van der Waals surface area (Å²) in [6.45, 7) is 9.14. The van der Waals surface area contributed by atoms with E-state index >= 15 is 0 Å². The van der Waals surface area contributed by atoms with Crippen LogP contribution in [0, 0.1) is 0 Å². The van der Waals surface area contributed by atoms with Crippen LogP contribution in [0.3, 0.4) is 0 Å². The molecule has 0 bridgehead atoms. The SMILES string of the molecule is CCCN(CCCCCCN1CCc2cc(OC)c(OC)cc2C1)CCNC(=O)CSC(c1ccccc1)(c1ccccc1)c1ccccc1. The van der Waals surface area contributed by atoms with Crippen molar-refractivity contribution >= 4 is 17.7 Å². The number of thioether (sulfide) groups is 1. The van der Waals surface area contributed by atoms with Gasteiger partial charge in [0.25, 0.3) is 0 Å². The number of benzene rings is 4. The monoisotopic (exact) mass is 693 g/mol. The first kappa shape index (κ1) is 37.5. The van der Waals surface area contributed by atoms with E-state index in [2.05, 4.69) is 125 Å². The first-order chi connectivity index (χ1) is 24.6. The van der Waals surface area contributed by atoms with Crippen LogP contribution in [0.4, 0.5) is 0 Å². The average molecular weight is 694 g/mol. The van der Waals surface area contributed by atoms with Gasteiger partial charge in [-0.25, -0.2) is 0 Å². The van der Waals surface area contributed by atoms with Crippen LogP contribution in [0.15, 0.2) is 103 Å². The Hall–Kier alpha value is -3.78. The van der Waals surface area contributed by atoms with Gasteiger partial charge in [0, 0.05) is 26.2 Å². The van der Waals surface area contributed by atoms with Crippen molar-refractivity contribution in [2.24, 2.45) is 0 Å². The molecule has 4 aromatic rings. The van der Waals surface area contributed by atoms with Crippen molar-refractivity contribution in [3.05, 3.63) is 131 Å². The number of fused-ring (bicyclic) bond motifs is 1. The van der Waals surface area contributed by atoms with Gasteiger partial charge in [-0.3, -0.25) is 9.69 Å². The minimum atomic E-state index is -0.491. The Morgan fingerprint density at radius 2 is 1.32 bits per heavy atom. The molecule has 1 aliphatic rings. The Labute approximate surface area is 304 Å². The summed E-state index contributed by atoms with van der Waals surface area (Å²) in [5, 5.41) is 3.24. The van der Waals surface area contributed by atoms with Crippen molar-refractivity contribution in [3.63, 3.8) is 0 Å². The molecule has 4 aromatic carbocycles. The number of hydrogen-bond acceptors (Lipinski definition) is 6. The molecular formula is C43H55N3O3S. The molecule has 0 radical (unpaired) electrons. The fourth-order valence-electron chi connectivity index (χ4n) is 7.16. The Balaban J connectivity index is 1.06. The van der Waals surface area contributed by atoms with Gasteiger partial charge in [0.2, 0.25) is 5.91 Å². The highest BCUT2D eigenvalue weighted by atomic mass is 32.2. The van der Waals surface area contributed by atoms with Crippen molar-refractivity contribution in [2.45, 2.75) is 56.7 Å². The molecule has 0 saturated heterocycles. The van der Waals surface area contributed by atoms with Gasteiger partial charge in [0.05, 0.1) is 24.7 Å². The average Bonchev–Trinajstić information content (AvgIpc) is 3.17. The molecule has 0 unspecified atom stereocenters. The van der Waals surface area contributed by atoms with Crippen molar-refractivity contribution in [3.8, 4) is 11.5 Å². The van der Waals surface area contributed by atoms with Crippen LogP contribution < -0.4 is 14.8 Å². The highest BCUT2D eigenvalue weighted by molar-refractivity contribution is 8.01. The lowest BCUT2D eigenvalue weighted by molar-refractivity contribution is -0.118. The first-order valence-electron chi connectivity index (χ1n) is 18.3. The third kappa shape index (κ3) is 9.93. The van der Waals surface area contributed by atoms with E-state index in [4.69, 9.17) is 9.47 Å². The van der Waals surface area contributed by atoms with E-state index in [1.807, 2.05) is 0 Å². The van der Waals surface area contributed by atoms with Crippen molar-refractivity contribution in [2.75, 3.05) is 59.2 Å². The molecule has 50 heavy (non-hydrogen) atoms. The van der Waals surface area contributed by atoms with Gasteiger partial charge in [-0.15, -0.1) is 11.8 Å². The molecule has 0 spiro atoms. The lowest BCUT2D eigenvalue weighted by atomic mass is 9.84. The smallest absolute Gasteiger partial charge is 0.230 e. The lowest BCUT2D eigenvalue weighted by Crippen LogP contribution is -2.37. The minimum absolute atomic E-state index is 0.0801. The van der Waals surface area contributed by atoms with Crippen LogP contribution in [0.2, 0.25) is 0 Å². The normalized spacial score (nSPS) is 13.2. The summed E-state index contributed by atoms with van der Waals surface area (Å²) in [7, 11) is 3.41. The summed E-state index contributed by atoms with van der Waals surface area (Å²) in [5.41, 5.74) is 6.26. The Morgan fingerprint density at radius 1 is 0.760 bits per heavy atom. The first-order valence-corrected chi connectivity index (χ1v) is 19.3. The van der Waals surface area contributed by atoms with Crippen LogP contribution >= 0.6 is 11.8 Å². The molecular weight excluding hydrogens is 639 g/mol. The van der Waals surface area contributed by atoms with Gasteiger partial charge in [-0.2, -0.15) is 0 Å². The third-order valence-electron chi connectivity index (χ3n) is 9.75. The van der Waals surface area contributed by atoms with Gasteiger partial charge < -0.3 is 19.7 Å². The van der Waals surface area contributed by atoms with Crippen LogP contribution in [0.1, 0.15) is 66.8 Å². The highest BCUT2D eigenvalue weighted by Gasteiger charge is 2.37. The predicted molar refractivity (Wildman–Crippen MR) is 208 cm³/mol. The van der Waals surface area contributed by atoms with Crippen LogP contribution in [0.5, 0.6) is 11.5 Å². The molecule has 0 aliphatic carbocycles. The maximum atomic E-state index is 13.3. The van der Waals surface area contributed by atoms with Crippen LogP contribution in [-0.2, 0) is 22.5 Å². The number of rotatable bonds is 20. The van der Waals surface area contributed by atoms with E-state index in [1.54, 1.807) is 26.0 Å². The van der Waals surface area contributed by atoms with Gasteiger partial charge >= 0.3 is 0 Å². The maximum Gasteiger partial charge on any atom is 0.230 e. The lowest BCUT2D eigenvalue weighted by Gasteiger charge is -2.35. The number of carbonyl (C=O) groups is 1. The molecule has 0 saturated carbocycles. The molecule has 0 aromatic heterocycles. The van der Waals surface area contributed by atoms with Crippen molar-refractivity contribution in [1.82, 2.24) is 15.1 Å². The van der Waals surface area contributed by atoms with Crippen molar-refractivity contribution < 1.29 is 14.3 Å². The van der Waals surface area contributed by atoms with Crippen LogP contribution in [-0.4, -0.2) is 74.9 Å². The number of carbonyl (C=O) groups excluding carboxylic acids is 1. The molecule has 266 valence electrons. The highest BCUT2D eigenvalue weighted by Crippen LogP contribution is 2.48. The van der Waals surface area contributed by atoms with Crippen LogP contribution in [0.25, 0.3) is 0 Å². The van der Waals surface area contributed by atoms with E-state index in [1.165, 1.54) is 53.5 Å². The topological polar surface area (TPSA) is 54.0 Å². The summed E-state index contributed by atoms with van der Waals surface area (Å²) < 4.78 is 10.5. The largest absolute Gasteiger partial charge is 0.493 e. The van der Waals surface area contributed by atoms with E-state index in [9.17, 15) is 4.79 Å². The number of unbranched alkanes of at least 4 members (excludes halogenated alkanes) is 3. The zero-order chi connectivity index (χ0) is 35.0. The number of methoxy groups -OCH3 is 2. The number of ether oxygens (including phenoxy) is 2. The second-order valence-electron chi connectivity index (χ2n) is 13.2. The fourth-order valence-corrected chi connectivity index (χ4v) is 8.51. The van der Waals surface area contributed by atoms with E-state index < -0.39 is 4.75 Å². The molecule has 7 heteroatoms.